The van der Waals surface area contributed by atoms with E-state index in [-0.39, 0.29) is 21.9 Å². The lowest BCUT2D eigenvalue weighted by Crippen LogP contribution is -2.18. The fraction of sp³-hybridized carbons (Fsp3) is 0.118. The van der Waals surface area contributed by atoms with Crippen molar-refractivity contribution >= 4 is 11.6 Å². The van der Waals surface area contributed by atoms with Crippen molar-refractivity contribution in [3.63, 3.8) is 0 Å². The molecule has 0 aliphatic carbocycles. The van der Waals surface area contributed by atoms with Gasteiger partial charge >= 0.3 is 6.18 Å². The van der Waals surface area contributed by atoms with Gasteiger partial charge in [0.15, 0.2) is 0 Å². The number of carbonyl (C=O) groups is 1. The molecule has 0 saturated carbocycles. The summed E-state index contributed by atoms with van der Waals surface area (Å²) in [7, 11) is 0. The van der Waals surface area contributed by atoms with Gasteiger partial charge in [-0.25, -0.2) is 0 Å². The third kappa shape index (κ3) is 4.10. The maximum atomic E-state index is 13.7. The molecule has 2 nitrogen and oxygen atoms in total. The molecule has 0 aliphatic rings. The number of halogens is 4. The van der Waals surface area contributed by atoms with Crippen molar-refractivity contribution in [2.24, 2.45) is 0 Å². The van der Waals surface area contributed by atoms with Crippen molar-refractivity contribution in [1.29, 1.82) is 0 Å². The van der Waals surface area contributed by atoms with E-state index in [1.807, 2.05) is 0 Å². The van der Waals surface area contributed by atoms with Crippen LogP contribution < -0.4 is 5.12 Å². The van der Waals surface area contributed by atoms with Crippen molar-refractivity contribution in [1.82, 2.24) is 0 Å². The van der Waals surface area contributed by atoms with Gasteiger partial charge in [-0.3, -0.25) is 4.79 Å². The molecule has 0 N–H and O–H groups in total. The predicted octanol–water partition coefficient (Wildman–Crippen LogP) is 4.34. The number of alkyl halides is 3. The first kappa shape index (κ1) is 16.6. The number of hydrogen-bond acceptors (Lipinski definition) is 1. The van der Waals surface area contributed by atoms with E-state index in [9.17, 15) is 22.4 Å². The summed E-state index contributed by atoms with van der Waals surface area (Å²) >= 11 is 0. The van der Waals surface area contributed by atoms with Crippen LogP contribution in [0.2, 0.25) is 0 Å². The Bertz CT molecular complexity index is 787. The quantitative estimate of drug-likeness (QED) is 0.435. The van der Waals surface area contributed by atoms with Gasteiger partial charge in [-0.15, -0.1) is 5.12 Å². The number of benzene rings is 2. The zero-order chi connectivity index (χ0) is 17.0. The predicted molar refractivity (Wildman–Crippen MR) is 78.1 cm³/mol. The number of hydrogen-bond donors (Lipinski definition) is 0. The summed E-state index contributed by atoms with van der Waals surface area (Å²) in [5, 5.41) is -0.0594. The highest BCUT2D eigenvalue weighted by atomic mass is 19.4. The molecule has 2 rings (SSSR count). The van der Waals surface area contributed by atoms with Gasteiger partial charge in [0.2, 0.25) is 0 Å². The smallest absolute Gasteiger partial charge is 0.272 e. The molecule has 0 bridgehead atoms. The van der Waals surface area contributed by atoms with Gasteiger partial charge in [0, 0.05) is 12.5 Å². The average molecular weight is 321 g/mol. The van der Waals surface area contributed by atoms with E-state index in [4.69, 9.17) is 0 Å². The molecule has 0 radical (unpaired) electrons. The topological polar surface area (TPSA) is 20.3 Å². The van der Waals surface area contributed by atoms with Crippen LogP contribution >= 0.6 is 0 Å². The molecule has 2 aromatic rings. The second-order valence-corrected chi connectivity index (χ2v) is 4.65. The molecule has 0 heterocycles. The van der Waals surface area contributed by atoms with Gasteiger partial charge in [-0.2, -0.15) is 13.2 Å². The highest BCUT2D eigenvalue weighted by Gasteiger charge is 2.30. The number of rotatable bonds is 1. The van der Waals surface area contributed by atoms with E-state index in [1.165, 1.54) is 30.3 Å². The molecule has 0 aromatic heterocycles. The Labute approximate surface area is 130 Å². The van der Waals surface area contributed by atoms with Gasteiger partial charge in [-0.05, 0) is 30.3 Å². The largest absolute Gasteiger partial charge is 0.416 e. The standard InChI is InChI=1S/C17H11F4NO/c1-12(23)22(21)16-8-3-2-6-14(16)10-9-13-5-4-7-15(11-13)17(18,19)20/h2-8,11H,1H3. The first-order chi connectivity index (χ1) is 10.8. The summed E-state index contributed by atoms with van der Waals surface area (Å²) in [4.78, 5) is 11.1. The summed E-state index contributed by atoms with van der Waals surface area (Å²) in [5.74, 6) is 4.32. The Morgan fingerprint density at radius 1 is 1.04 bits per heavy atom. The number of para-hydroxylation sites is 1. The molecular formula is C17H11F4NO. The lowest BCUT2D eigenvalue weighted by atomic mass is 10.1. The van der Waals surface area contributed by atoms with Crippen LogP contribution in [-0.4, -0.2) is 5.91 Å². The maximum absolute atomic E-state index is 13.7. The van der Waals surface area contributed by atoms with E-state index in [0.717, 1.165) is 19.1 Å². The molecule has 0 spiro atoms. The molecule has 0 saturated heterocycles. The lowest BCUT2D eigenvalue weighted by Gasteiger charge is -2.10. The summed E-state index contributed by atoms with van der Waals surface area (Å²) in [6, 6.07) is 10.5. The summed E-state index contributed by atoms with van der Waals surface area (Å²) in [6.07, 6.45) is -4.46. The average Bonchev–Trinajstić information content (AvgIpc) is 2.52. The third-order valence-electron chi connectivity index (χ3n) is 2.92. The van der Waals surface area contributed by atoms with Crippen molar-refractivity contribution in [2.45, 2.75) is 13.1 Å². The van der Waals surface area contributed by atoms with E-state index in [1.54, 1.807) is 6.07 Å². The minimum absolute atomic E-state index is 0.0560. The molecule has 23 heavy (non-hydrogen) atoms. The van der Waals surface area contributed by atoms with Crippen molar-refractivity contribution in [2.75, 3.05) is 5.12 Å². The van der Waals surface area contributed by atoms with E-state index >= 15 is 0 Å². The molecule has 6 heteroatoms. The maximum Gasteiger partial charge on any atom is 0.416 e. The molecule has 0 aliphatic heterocycles. The molecule has 0 fully saturated rings. The van der Waals surface area contributed by atoms with Crippen molar-refractivity contribution in [3.05, 3.63) is 65.2 Å². The van der Waals surface area contributed by atoms with Crippen LogP contribution in [0.15, 0.2) is 48.5 Å². The zero-order valence-corrected chi connectivity index (χ0v) is 12.0. The first-order valence-corrected chi connectivity index (χ1v) is 6.54. The monoisotopic (exact) mass is 321 g/mol. The van der Waals surface area contributed by atoms with Gasteiger partial charge in [0.25, 0.3) is 5.91 Å². The Balaban J connectivity index is 2.39. The van der Waals surface area contributed by atoms with Crippen molar-refractivity contribution < 1.29 is 22.4 Å². The van der Waals surface area contributed by atoms with Crippen LogP contribution in [0.25, 0.3) is 0 Å². The van der Waals surface area contributed by atoms with E-state index < -0.39 is 17.6 Å². The molecule has 1 amide bonds. The molecule has 2 aromatic carbocycles. The van der Waals surface area contributed by atoms with Crippen LogP contribution in [-0.2, 0) is 11.0 Å². The van der Waals surface area contributed by atoms with Crippen LogP contribution in [0.5, 0.6) is 0 Å². The normalized spacial score (nSPS) is 10.7. The van der Waals surface area contributed by atoms with Crippen LogP contribution in [0.4, 0.5) is 23.3 Å². The Morgan fingerprint density at radius 3 is 2.39 bits per heavy atom. The minimum Gasteiger partial charge on any atom is -0.272 e. The Morgan fingerprint density at radius 2 is 1.74 bits per heavy atom. The molecule has 0 unspecified atom stereocenters. The number of carbonyl (C=O) groups excluding carboxylic acids is 1. The SMILES string of the molecule is CC(=O)N(F)c1ccccc1C#Cc1cccc(C(F)(F)F)c1. The van der Waals surface area contributed by atoms with Crippen LogP contribution in [0.1, 0.15) is 23.6 Å². The third-order valence-corrected chi connectivity index (χ3v) is 2.92. The highest BCUT2D eigenvalue weighted by Crippen LogP contribution is 2.29. The van der Waals surface area contributed by atoms with Crippen LogP contribution in [0, 0.1) is 11.8 Å². The highest BCUT2D eigenvalue weighted by molar-refractivity contribution is 5.90. The first-order valence-electron chi connectivity index (χ1n) is 6.54. The number of nitrogens with zero attached hydrogens (tertiary/aromatic N) is 1. The van der Waals surface area contributed by atoms with Gasteiger partial charge < -0.3 is 0 Å². The van der Waals surface area contributed by atoms with Gasteiger partial charge in [0.1, 0.15) is 0 Å². The lowest BCUT2D eigenvalue weighted by molar-refractivity contribution is -0.137. The second-order valence-electron chi connectivity index (χ2n) is 4.65. The Kier molecular flexibility index (Phi) is 4.70. The molecule has 118 valence electrons. The summed E-state index contributed by atoms with van der Waals surface area (Å²) in [6.45, 7) is 1.05. The van der Waals surface area contributed by atoms with Gasteiger partial charge in [-0.1, -0.05) is 34.5 Å². The number of amides is 1. The molecule has 0 atom stereocenters. The number of anilines is 1. The van der Waals surface area contributed by atoms with E-state index in [2.05, 4.69) is 11.8 Å². The van der Waals surface area contributed by atoms with E-state index in [0.29, 0.717) is 0 Å². The molecular weight excluding hydrogens is 310 g/mol. The summed E-state index contributed by atoms with van der Waals surface area (Å²) in [5.41, 5.74) is -0.529. The fourth-order valence-corrected chi connectivity index (χ4v) is 1.83. The van der Waals surface area contributed by atoms with Crippen molar-refractivity contribution in [3.8, 4) is 11.8 Å². The van der Waals surface area contributed by atoms with Crippen LogP contribution in [0.3, 0.4) is 0 Å². The second kappa shape index (κ2) is 6.53. The fourth-order valence-electron chi connectivity index (χ4n) is 1.83. The summed E-state index contributed by atoms with van der Waals surface area (Å²) < 4.78 is 51.7. The minimum atomic E-state index is -4.46. The van der Waals surface area contributed by atoms with Gasteiger partial charge in [0.05, 0.1) is 16.8 Å². The Hall–Kier alpha value is -2.81. The zero-order valence-electron chi connectivity index (χ0n) is 12.0.